The summed E-state index contributed by atoms with van der Waals surface area (Å²) in [4.78, 5) is 20.8. The molecule has 4 aromatic rings. The quantitative estimate of drug-likeness (QED) is 0.273. The first-order valence-corrected chi connectivity index (χ1v) is 12.6. The fourth-order valence-electron chi connectivity index (χ4n) is 4.34. The van der Waals surface area contributed by atoms with Gasteiger partial charge < -0.3 is 4.57 Å². The summed E-state index contributed by atoms with van der Waals surface area (Å²) in [6.45, 7) is 5.00. The van der Waals surface area contributed by atoms with E-state index in [1.54, 1.807) is 17.0 Å². The maximum atomic E-state index is 13.6. The number of rotatable bonds is 6. The number of thioether (sulfide) groups is 1. The van der Waals surface area contributed by atoms with Crippen LogP contribution in [0.4, 0.5) is 4.39 Å². The molecule has 1 aliphatic heterocycles. The smallest absolute Gasteiger partial charge is 0.267 e. The minimum atomic E-state index is -0.266. The van der Waals surface area contributed by atoms with Crippen LogP contribution in [0.15, 0.2) is 101 Å². The van der Waals surface area contributed by atoms with Crippen molar-refractivity contribution in [1.29, 1.82) is 0 Å². The molecule has 0 aliphatic carbocycles. The molecule has 36 heavy (non-hydrogen) atoms. The highest BCUT2D eigenvalue weighted by molar-refractivity contribution is 8.18. The minimum Gasteiger partial charge on any atom is -0.318 e. The van der Waals surface area contributed by atoms with E-state index in [0.717, 1.165) is 33.8 Å². The monoisotopic (exact) mass is 495 g/mol. The number of carbonyl (C=O) groups is 1. The topological polar surface area (TPSA) is 37.6 Å². The number of aromatic nitrogens is 1. The Morgan fingerprint density at radius 1 is 0.889 bits per heavy atom. The van der Waals surface area contributed by atoms with Crippen molar-refractivity contribution in [2.75, 3.05) is 0 Å². The SMILES string of the molecule is Cc1cc(/C=C2/SC(=NCc3ccccc3)N(Cc3ccccc3)C2=O)c(C)n1-c1ccc(F)cc1. The number of nitrogens with zero attached hydrogens (tertiary/aromatic N) is 3. The zero-order valence-corrected chi connectivity index (χ0v) is 21.0. The molecule has 1 aromatic heterocycles. The molecule has 0 spiro atoms. The molecule has 6 heteroatoms. The van der Waals surface area contributed by atoms with Crippen LogP contribution in [0.3, 0.4) is 0 Å². The first kappa shape index (κ1) is 23.8. The normalized spacial score (nSPS) is 15.9. The van der Waals surface area contributed by atoms with Crippen LogP contribution in [0.1, 0.15) is 28.1 Å². The highest BCUT2D eigenvalue weighted by atomic mass is 32.2. The van der Waals surface area contributed by atoms with Crippen molar-refractivity contribution in [3.63, 3.8) is 0 Å². The van der Waals surface area contributed by atoms with Crippen molar-refractivity contribution >= 4 is 28.9 Å². The molecule has 0 atom stereocenters. The van der Waals surface area contributed by atoms with Crippen LogP contribution >= 0.6 is 11.8 Å². The van der Waals surface area contributed by atoms with E-state index in [0.29, 0.717) is 23.2 Å². The van der Waals surface area contributed by atoms with Crippen LogP contribution in [-0.2, 0) is 17.9 Å². The molecule has 1 amide bonds. The van der Waals surface area contributed by atoms with E-state index < -0.39 is 0 Å². The summed E-state index contributed by atoms with van der Waals surface area (Å²) in [6.07, 6.45) is 1.94. The van der Waals surface area contributed by atoms with Crippen LogP contribution in [0, 0.1) is 19.7 Å². The largest absolute Gasteiger partial charge is 0.318 e. The second-order valence-electron chi connectivity index (χ2n) is 8.71. The first-order valence-electron chi connectivity index (χ1n) is 11.8. The predicted octanol–water partition coefficient (Wildman–Crippen LogP) is 6.91. The van der Waals surface area contributed by atoms with Crippen molar-refractivity contribution in [3.8, 4) is 5.69 Å². The maximum Gasteiger partial charge on any atom is 0.267 e. The van der Waals surface area contributed by atoms with Gasteiger partial charge in [-0.25, -0.2) is 4.39 Å². The van der Waals surface area contributed by atoms with E-state index in [4.69, 9.17) is 4.99 Å². The van der Waals surface area contributed by atoms with E-state index in [9.17, 15) is 9.18 Å². The number of amides is 1. The molecule has 2 heterocycles. The average molecular weight is 496 g/mol. The van der Waals surface area contributed by atoms with Gasteiger partial charge in [0.1, 0.15) is 5.82 Å². The van der Waals surface area contributed by atoms with Crippen LogP contribution in [0.25, 0.3) is 11.8 Å². The first-order chi connectivity index (χ1) is 17.5. The van der Waals surface area contributed by atoms with Crippen LogP contribution in [-0.4, -0.2) is 20.5 Å². The van der Waals surface area contributed by atoms with Gasteiger partial charge in [0.25, 0.3) is 5.91 Å². The van der Waals surface area contributed by atoms with Gasteiger partial charge >= 0.3 is 0 Å². The third-order valence-electron chi connectivity index (χ3n) is 6.15. The van der Waals surface area contributed by atoms with Crippen molar-refractivity contribution in [2.45, 2.75) is 26.9 Å². The van der Waals surface area contributed by atoms with E-state index in [1.807, 2.05) is 80.6 Å². The van der Waals surface area contributed by atoms with Gasteiger partial charge in [-0.05, 0) is 78.7 Å². The number of hydrogen-bond acceptors (Lipinski definition) is 3. The molecule has 0 saturated carbocycles. The van der Waals surface area contributed by atoms with E-state index >= 15 is 0 Å². The molecular weight excluding hydrogens is 469 g/mol. The molecule has 4 nitrogen and oxygen atoms in total. The average Bonchev–Trinajstić information content (AvgIpc) is 3.34. The third kappa shape index (κ3) is 5.04. The number of benzene rings is 3. The molecular formula is C30H26FN3OS. The van der Waals surface area contributed by atoms with Crippen molar-refractivity contribution < 1.29 is 9.18 Å². The summed E-state index contributed by atoms with van der Waals surface area (Å²) in [7, 11) is 0. The zero-order valence-electron chi connectivity index (χ0n) is 20.2. The second-order valence-corrected chi connectivity index (χ2v) is 9.72. The van der Waals surface area contributed by atoms with Gasteiger partial charge in [0.15, 0.2) is 5.17 Å². The Morgan fingerprint density at radius 2 is 1.53 bits per heavy atom. The van der Waals surface area contributed by atoms with Gasteiger partial charge in [0.05, 0.1) is 18.0 Å². The highest BCUT2D eigenvalue weighted by Gasteiger charge is 2.33. The Hall–Kier alpha value is -3.90. The Balaban J connectivity index is 1.48. The molecule has 3 aromatic carbocycles. The standard InChI is InChI=1S/C30H26FN3OS/c1-21-17-25(22(2)34(21)27-15-13-26(31)14-16-27)18-28-29(35)33(20-24-11-7-4-8-12-24)30(36-28)32-19-23-9-5-3-6-10-23/h3-18H,19-20H2,1-2H3/b28-18+,32-30?. The fourth-order valence-corrected chi connectivity index (χ4v) is 5.30. The number of carbonyl (C=O) groups excluding carboxylic acids is 1. The molecule has 1 aliphatic rings. The summed E-state index contributed by atoms with van der Waals surface area (Å²) >= 11 is 1.41. The van der Waals surface area contributed by atoms with Crippen LogP contribution < -0.4 is 0 Å². The second kappa shape index (κ2) is 10.4. The van der Waals surface area contributed by atoms with E-state index in [-0.39, 0.29) is 11.7 Å². The van der Waals surface area contributed by atoms with Gasteiger partial charge in [-0.3, -0.25) is 14.7 Å². The Labute approximate surface area is 214 Å². The van der Waals surface area contributed by atoms with E-state index in [2.05, 4.69) is 10.6 Å². The zero-order chi connectivity index (χ0) is 25.1. The molecule has 1 saturated heterocycles. The number of amidine groups is 1. The number of halogens is 1. The maximum absolute atomic E-state index is 13.6. The van der Waals surface area contributed by atoms with Crippen molar-refractivity contribution in [1.82, 2.24) is 9.47 Å². The molecule has 1 fully saturated rings. The molecule has 0 bridgehead atoms. The Kier molecular flexibility index (Phi) is 6.87. The molecule has 0 N–H and O–H groups in total. The number of aryl methyl sites for hydroxylation is 1. The lowest BCUT2D eigenvalue weighted by atomic mass is 10.2. The van der Waals surface area contributed by atoms with Gasteiger partial charge in [-0.15, -0.1) is 0 Å². The summed E-state index contributed by atoms with van der Waals surface area (Å²) < 4.78 is 15.5. The Bertz CT molecular complexity index is 1440. The van der Waals surface area contributed by atoms with Crippen LogP contribution in [0.5, 0.6) is 0 Å². The summed E-state index contributed by atoms with van der Waals surface area (Å²) in [5.74, 6) is -0.320. The summed E-state index contributed by atoms with van der Waals surface area (Å²) in [5.41, 5.74) is 5.99. The third-order valence-corrected chi connectivity index (χ3v) is 7.20. The van der Waals surface area contributed by atoms with Gasteiger partial charge in [0, 0.05) is 17.1 Å². The Morgan fingerprint density at radius 3 is 2.19 bits per heavy atom. The fraction of sp³-hybridized carbons (Fsp3) is 0.133. The van der Waals surface area contributed by atoms with E-state index in [1.165, 1.54) is 23.9 Å². The van der Waals surface area contributed by atoms with Crippen molar-refractivity contribution in [2.24, 2.45) is 4.99 Å². The molecule has 5 rings (SSSR count). The van der Waals surface area contributed by atoms with Gasteiger partial charge in [0.2, 0.25) is 0 Å². The molecule has 0 radical (unpaired) electrons. The van der Waals surface area contributed by atoms with Gasteiger partial charge in [-0.1, -0.05) is 60.7 Å². The molecule has 0 unspecified atom stereocenters. The van der Waals surface area contributed by atoms with Crippen molar-refractivity contribution in [3.05, 3.63) is 130 Å². The predicted molar refractivity (Wildman–Crippen MR) is 145 cm³/mol. The minimum absolute atomic E-state index is 0.0535. The summed E-state index contributed by atoms with van der Waals surface area (Å²) in [6, 6.07) is 28.5. The lowest BCUT2D eigenvalue weighted by Gasteiger charge is -2.15. The molecule has 180 valence electrons. The number of aliphatic imine (C=N–C) groups is 1. The van der Waals surface area contributed by atoms with Gasteiger partial charge in [-0.2, -0.15) is 0 Å². The highest BCUT2D eigenvalue weighted by Crippen LogP contribution is 2.35. The lowest BCUT2D eigenvalue weighted by molar-refractivity contribution is -0.122. The lowest BCUT2D eigenvalue weighted by Crippen LogP contribution is -2.28. The number of hydrogen-bond donors (Lipinski definition) is 0. The summed E-state index contributed by atoms with van der Waals surface area (Å²) in [5, 5.41) is 0.700. The van der Waals surface area contributed by atoms with Crippen LogP contribution in [0.2, 0.25) is 0 Å².